The van der Waals surface area contributed by atoms with Crippen LogP contribution in [0.1, 0.15) is 37.0 Å². The van der Waals surface area contributed by atoms with Gasteiger partial charge in [-0.15, -0.1) is 11.3 Å². The first-order valence-corrected chi connectivity index (χ1v) is 7.48. The third kappa shape index (κ3) is 4.14. The van der Waals surface area contributed by atoms with Gasteiger partial charge in [-0.1, -0.05) is 20.8 Å². The maximum Gasteiger partial charge on any atom is 0.0982 e. The molecule has 0 unspecified atom stereocenters. The molecule has 0 saturated heterocycles. The molecule has 104 valence electrons. The quantitative estimate of drug-likeness (QED) is 0.855. The molecule has 0 atom stereocenters. The van der Waals surface area contributed by atoms with Gasteiger partial charge in [-0.2, -0.15) is 5.10 Å². The second-order valence-corrected chi connectivity index (χ2v) is 6.71. The van der Waals surface area contributed by atoms with Gasteiger partial charge in [0.1, 0.15) is 0 Å². The Bertz CT molecular complexity index is 522. The number of aromatic nitrogens is 3. The van der Waals surface area contributed by atoms with Crippen LogP contribution in [0.3, 0.4) is 0 Å². The second-order valence-electron chi connectivity index (χ2n) is 5.85. The summed E-state index contributed by atoms with van der Waals surface area (Å²) in [6.07, 6.45) is 3.94. The van der Waals surface area contributed by atoms with Crippen LogP contribution < -0.4 is 5.32 Å². The fourth-order valence-corrected chi connectivity index (χ4v) is 2.64. The van der Waals surface area contributed by atoms with E-state index in [1.807, 2.05) is 10.9 Å². The summed E-state index contributed by atoms with van der Waals surface area (Å²) < 4.78 is 1.96. The molecule has 0 aliphatic carbocycles. The number of hydrogen-bond donors (Lipinski definition) is 1. The minimum Gasteiger partial charge on any atom is -0.309 e. The lowest BCUT2D eigenvalue weighted by atomic mass is 9.98. The molecular formula is C14H22N4S. The molecule has 19 heavy (non-hydrogen) atoms. The highest BCUT2D eigenvalue weighted by Gasteiger charge is 2.17. The molecule has 1 N–H and O–H groups in total. The van der Waals surface area contributed by atoms with E-state index in [0.29, 0.717) is 0 Å². The molecule has 0 aliphatic heterocycles. The molecule has 5 heteroatoms. The van der Waals surface area contributed by atoms with Crippen molar-refractivity contribution in [3.63, 3.8) is 0 Å². The highest BCUT2D eigenvalue weighted by Crippen LogP contribution is 2.25. The van der Waals surface area contributed by atoms with E-state index in [1.54, 1.807) is 11.3 Å². The van der Waals surface area contributed by atoms with Gasteiger partial charge in [-0.3, -0.25) is 4.68 Å². The molecule has 0 spiro atoms. The molecule has 0 aromatic carbocycles. The van der Waals surface area contributed by atoms with Crippen molar-refractivity contribution in [3.05, 3.63) is 34.0 Å². The van der Waals surface area contributed by atoms with Gasteiger partial charge < -0.3 is 5.32 Å². The van der Waals surface area contributed by atoms with Crippen LogP contribution >= 0.6 is 11.3 Å². The van der Waals surface area contributed by atoms with Crippen molar-refractivity contribution in [2.24, 2.45) is 0 Å². The number of nitrogens with zero attached hydrogens (tertiary/aromatic N) is 3. The molecule has 2 heterocycles. The SMILES string of the molecule is Cc1cnn(CCNCc2csc(C(C)(C)C)n2)c1. The van der Waals surface area contributed by atoms with E-state index < -0.39 is 0 Å². The van der Waals surface area contributed by atoms with E-state index in [0.717, 1.165) is 25.3 Å². The van der Waals surface area contributed by atoms with E-state index in [2.05, 4.69) is 54.7 Å². The Labute approximate surface area is 118 Å². The summed E-state index contributed by atoms with van der Waals surface area (Å²) >= 11 is 1.75. The normalized spacial score (nSPS) is 12.0. The Morgan fingerprint density at radius 1 is 1.37 bits per heavy atom. The summed E-state index contributed by atoms with van der Waals surface area (Å²) in [7, 11) is 0. The van der Waals surface area contributed by atoms with Gasteiger partial charge in [0.2, 0.25) is 0 Å². The molecule has 0 aliphatic rings. The molecule has 0 amide bonds. The van der Waals surface area contributed by atoms with E-state index >= 15 is 0 Å². The van der Waals surface area contributed by atoms with Crippen molar-refractivity contribution >= 4 is 11.3 Å². The molecule has 2 rings (SSSR count). The summed E-state index contributed by atoms with van der Waals surface area (Å²) in [5.41, 5.74) is 2.48. The molecular weight excluding hydrogens is 256 g/mol. The van der Waals surface area contributed by atoms with Crippen LogP contribution in [0.5, 0.6) is 0 Å². The molecule has 0 radical (unpaired) electrons. The molecule has 0 bridgehead atoms. The third-order valence-corrected chi connectivity index (χ3v) is 4.10. The summed E-state index contributed by atoms with van der Waals surface area (Å²) in [4.78, 5) is 4.66. The molecule has 0 saturated carbocycles. The predicted octanol–water partition coefficient (Wildman–Crippen LogP) is 2.74. The largest absolute Gasteiger partial charge is 0.309 e. The predicted molar refractivity (Wildman–Crippen MR) is 79.5 cm³/mol. The van der Waals surface area contributed by atoms with E-state index in [9.17, 15) is 0 Å². The van der Waals surface area contributed by atoms with Crippen LogP contribution in [0.2, 0.25) is 0 Å². The zero-order valence-electron chi connectivity index (χ0n) is 12.1. The highest BCUT2D eigenvalue weighted by molar-refractivity contribution is 7.09. The van der Waals surface area contributed by atoms with Gasteiger partial charge in [-0.05, 0) is 12.5 Å². The average molecular weight is 278 g/mol. The lowest BCUT2D eigenvalue weighted by molar-refractivity contribution is 0.547. The Morgan fingerprint density at radius 2 is 2.16 bits per heavy atom. The Kier molecular flexibility index (Phi) is 4.37. The first kappa shape index (κ1) is 14.2. The zero-order valence-corrected chi connectivity index (χ0v) is 12.9. The topological polar surface area (TPSA) is 42.7 Å². The fourth-order valence-electron chi connectivity index (χ4n) is 1.73. The zero-order chi connectivity index (χ0) is 13.9. The van der Waals surface area contributed by atoms with Crippen LogP contribution in [0, 0.1) is 6.92 Å². The van der Waals surface area contributed by atoms with Crippen LogP contribution in [0.15, 0.2) is 17.8 Å². The summed E-state index contributed by atoms with van der Waals surface area (Å²) in [5, 5.41) is 11.0. The minimum atomic E-state index is 0.148. The number of thiazole rings is 1. The highest BCUT2D eigenvalue weighted by atomic mass is 32.1. The van der Waals surface area contributed by atoms with E-state index in [4.69, 9.17) is 0 Å². The standard InChI is InChI=1S/C14H22N4S/c1-11-7-16-18(9-11)6-5-15-8-12-10-19-13(17-12)14(2,3)4/h7,9-10,15H,5-6,8H2,1-4H3. The average Bonchev–Trinajstić information content (AvgIpc) is 2.93. The third-order valence-electron chi connectivity index (χ3n) is 2.78. The first-order valence-electron chi connectivity index (χ1n) is 6.60. The minimum absolute atomic E-state index is 0.148. The van der Waals surface area contributed by atoms with Crippen LogP contribution in [-0.2, 0) is 18.5 Å². The molecule has 4 nitrogen and oxygen atoms in total. The van der Waals surface area contributed by atoms with Crippen LogP contribution in [-0.4, -0.2) is 21.3 Å². The van der Waals surface area contributed by atoms with Crippen molar-refractivity contribution in [1.29, 1.82) is 0 Å². The van der Waals surface area contributed by atoms with Gasteiger partial charge in [-0.25, -0.2) is 4.98 Å². The first-order chi connectivity index (χ1) is 8.95. The Hall–Kier alpha value is -1.20. The lowest BCUT2D eigenvalue weighted by Crippen LogP contribution is -2.20. The monoisotopic (exact) mass is 278 g/mol. The molecule has 2 aromatic rings. The van der Waals surface area contributed by atoms with Crippen molar-refractivity contribution < 1.29 is 0 Å². The van der Waals surface area contributed by atoms with Gasteiger partial charge in [0.05, 0.1) is 23.4 Å². The maximum atomic E-state index is 4.66. The fraction of sp³-hybridized carbons (Fsp3) is 0.571. The maximum absolute atomic E-state index is 4.66. The van der Waals surface area contributed by atoms with Gasteiger partial charge in [0.25, 0.3) is 0 Å². The lowest BCUT2D eigenvalue weighted by Gasteiger charge is -2.13. The summed E-state index contributed by atoms with van der Waals surface area (Å²) in [5.74, 6) is 0. The van der Waals surface area contributed by atoms with Crippen molar-refractivity contribution in [3.8, 4) is 0 Å². The van der Waals surface area contributed by atoms with E-state index in [1.165, 1.54) is 10.6 Å². The summed E-state index contributed by atoms with van der Waals surface area (Å²) in [6.45, 7) is 11.3. The van der Waals surface area contributed by atoms with Crippen molar-refractivity contribution in [2.45, 2.75) is 46.2 Å². The number of nitrogens with one attached hydrogen (secondary N) is 1. The van der Waals surface area contributed by atoms with Crippen LogP contribution in [0.4, 0.5) is 0 Å². The Morgan fingerprint density at radius 3 is 2.74 bits per heavy atom. The number of aryl methyl sites for hydroxylation is 1. The van der Waals surface area contributed by atoms with Crippen LogP contribution in [0.25, 0.3) is 0 Å². The summed E-state index contributed by atoms with van der Waals surface area (Å²) in [6, 6.07) is 0. The van der Waals surface area contributed by atoms with Gasteiger partial charge in [0.15, 0.2) is 0 Å². The van der Waals surface area contributed by atoms with Gasteiger partial charge in [0, 0.05) is 30.1 Å². The second kappa shape index (κ2) is 5.84. The van der Waals surface area contributed by atoms with Crippen molar-refractivity contribution in [1.82, 2.24) is 20.1 Å². The number of hydrogen-bond acceptors (Lipinski definition) is 4. The smallest absolute Gasteiger partial charge is 0.0982 e. The van der Waals surface area contributed by atoms with E-state index in [-0.39, 0.29) is 5.41 Å². The van der Waals surface area contributed by atoms with Crippen molar-refractivity contribution in [2.75, 3.05) is 6.54 Å². The number of rotatable bonds is 5. The van der Waals surface area contributed by atoms with Gasteiger partial charge >= 0.3 is 0 Å². The molecule has 2 aromatic heterocycles. The Balaban J connectivity index is 1.75. The molecule has 0 fully saturated rings.